The second-order valence-corrected chi connectivity index (χ2v) is 7.59. The Bertz CT molecular complexity index is 401. The molecule has 2 amide bonds. The third-order valence-corrected chi connectivity index (χ3v) is 3.33. The molecule has 0 aliphatic heterocycles. The molecule has 7 nitrogen and oxygen atoms in total. The molecule has 0 fully saturated rings. The minimum Gasteiger partial charge on any atom is -0.444 e. The van der Waals surface area contributed by atoms with Crippen LogP contribution in [0.2, 0.25) is 0 Å². The van der Waals surface area contributed by atoms with Gasteiger partial charge in [-0.2, -0.15) is 0 Å². The van der Waals surface area contributed by atoms with Gasteiger partial charge in [0.05, 0.1) is 0 Å². The smallest absolute Gasteiger partial charge is 0.408 e. The Morgan fingerprint density at radius 1 is 1.17 bits per heavy atom. The van der Waals surface area contributed by atoms with Crippen LogP contribution in [0.4, 0.5) is 4.79 Å². The number of amides is 2. The Kier molecular flexibility index (Phi) is 8.00. The van der Waals surface area contributed by atoms with Gasteiger partial charge in [0.1, 0.15) is 11.3 Å². The Labute approximate surface area is 139 Å². The molecule has 23 heavy (non-hydrogen) atoms. The first kappa shape index (κ1) is 21.7. The topological polar surface area (TPSA) is 114 Å². The number of carbonyl (C=O) groups excluding carboxylic acids is 2. The summed E-state index contributed by atoms with van der Waals surface area (Å²) in [5.41, 5.74) is 3.27. The fourth-order valence-corrected chi connectivity index (χ4v) is 1.74. The number of aliphatic hydroxyl groups is 1. The molecule has 2 unspecified atom stereocenters. The van der Waals surface area contributed by atoms with E-state index in [4.69, 9.17) is 10.5 Å². The molecule has 0 heterocycles. The van der Waals surface area contributed by atoms with Crippen molar-refractivity contribution in [3.63, 3.8) is 0 Å². The molecular formula is C16H33N3O4. The average Bonchev–Trinajstić information content (AvgIpc) is 2.32. The number of nitrogens with two attached hydrogens (primary N) is 1. The molecule has 0 aliphatic carbocycles. The molecule has 0 radical (unpaired) electrons. The molecule has 5 N–H and O–H groups in total. The van der Waals surface area contributed by atoms with E-state index in [1.807, 2.05) is 13.8 Å². The van der Waals surface area contributed by atoms with E-state index in [1.165, 1.54) is 0 Å². The van der Waals surface area contributed by atoms with Crippen molar-refractivity contribution in [2.24, 2.45) is 17.6 Å². The second kappa shape index (κ2) is 8.49. The molecule has 0 rings (SSSR count). The number of rotatable bonds is 7. The lowest BCUT2D eigenvalue weighted by Crippen LogP contribution is -2.67. The van der Waals surface area contributed by atoms with Crippen LogP contribution in [0.5, 0.6) is 0 Å². The van der Waals surface area contributed by atoms with Crippen LogP contribution in [-0.4, -0.2) is 41.0 Å². The minimum atomic E-state index is -1.89. The van der Waals surface area contributed by atoms with Crippen molar-refractivity contribution >= 4 is 12.0 Å². The van der Waals surface area contributed by atoms with Crippen molar-refractivity contribution < 1.29 is 19.4 Å². The molecule has 0 spiro atoms. The summed E-state index contributed by atoms with van der Waals surface area (Å²) in [5.74, 6) is -0.553. The second-order valence-electron chi connectivity index (χ2n) is 7.59. The first-order chi connectivity index (χ1) is 10.3. The monoisotopic (exact) mass is 331 g/mol. The molecule has 0 aromatic heterocycles. The SMILES string of the molecule is CC(C)CCNC(=O)C(NC(=O)OC(C)(C)C)C(N)(O)C(C)C. The zero-order chi connectivity index (χ0) is 18.4. The van der Waals surface area contributed by atoms with Crippen LogP contribution < -0.4 is 16.4 Å². The van der Waals surface area contributed by atoms with E-state index >= 15 is 0 Å². The summed E-state index contributed by atoms with van der Waals surface area (Å²) in [5, 5.41) is 15.5. The summed E-state index contributed by atoms with van der Waals surface area (Å²) < 4.78 is 5.14. The lowest BCUT2D eigenvalue weighted by Gasteiger charge is -2.35. The predicted octanol–water partition coefficient (Wildman–Crippen LogP) is 1.35. The highest BCUT2D eigenvalue weighted by Gasteiger charge is 2.42. The average molecular weight is 331 g/mol. The van der Waals surface area contributed by atoms with Crippen LogP contribution >= 0.6 is 0 Å². The lowest BCUT2D eigenvalue weighted by molar-refractivity contribution is -0.133. The van der Waals surface area contributed by atoms with Gasteiger partial charge in [-0.25, -0.2) is 4.79 Å². The van der Waals surface area contributed by atoms with Gasteiger partial charge in [0.15, 0.2) is 6.04 Å². The molecule has 0 saturated heterocycles. The third-order valence-electron chi connectivity index (χ3n) is 3.33. The first-order valence-corrected chi connectivity index (χ1v) is 8.05. The normalized spacial score (nSPS) is 16.0. The van der Waals surface area contributed by atoms with Gasteiger partial charge in [-0.05, 0) is 39.0 Å². The van der Waals surface area contributed by atoms with Crippen LogP contribution in [0.1, 0.15) is 54.9 Å². The maximum Gasteiger partial charge on any atom is 0.408 e. The Balaban J connectivity index is 5.03. The highest BCUT2D eigenvalue weighted by atomic mass is 16.6. The Morgan fingerprint density at radius 2 is 1.70 bits per heavy atom. The summed E-state index contributed by atoms with van der Waals surface area (Å²) >= 11 is 0. The van der Waals surface area contributed by atoms with Gasteiger partial charge in [0.2, 0.25) is 5.91 Å². The van der Waals surface area contributed by atoms with E-state index in [0.717, 1.165) is 6.42 Å². The largest absolute Gasteiger partial charge is 0.444 e. The van der Waals surface area contributed by atoms with Crippen LogP contribution in [0.25, 0.3) is 0 Å². The van der Waals surface area contributed by atoms with Gasteiger partial charge >= 0.3 is 6.09 Å². The number of alkyl carbamates (subject to hydrolysis) is 1. The predicted molar refractivity (Wildman–Crippen MR) is 89.6 cm³/mol. The van der Waals surface area contributed by atoms with Crippen molar-refractivity contribution in [3.8, 4) is 0 Å². The standard InChI is InChI=1S/C16H33N3O4/c1-10(2)8-9-18-13(20)12(16(17,22)11(3)4)19-14(21)23-15(5,6)7/h10-12,22H,8-9,17H2,1-7H3,(H,18,20)(H,19,21). The van der Waals surface area contributed by atoms with Crippen molar-refractivity contribution in [1.29, 1.82) is 0 Å². The first-order valence-electron chi connectivity index (χ1n) is 8.05. The molecule has 0 aliphatic rings. The van der Waals surface area contributed by atoms with Crippen molar-refractivity contribution in [2.45, 2.75) is 72.3 Å². The summed E-state index contributed by atoms with van der Waals surface area (Å²) in [4.78, 5) is 24.3. The van der Waals surface area contributed by atoms with Crippen LogP contribution in [0.3, 0.4) is 0 Å². The van der Waals surface area contributed by atoms with Gasteiger partial charge in [0, 0.05) is 6.54 Å². The zero-order valence-corrected chi connectivity index (χ0v) is 15.4. The van der Waals surface area contributed by atoms with E-state index in [9.17, 15) is 14.7 Å². The molecule has 0 aromatic carbocycles. The van der Waals surface area contributed by atoms with Crippen LogP contribution in [-0.2, 0) is 9.53 Å². The van der Waals surface area contributed by atoms with E-state index in [-0.39, 0.29) is 0 Å². The fraction of sp³-hybridized carbons (Fsp3) is 0.875. The fourth-order valence-electron chi connectivity index (χ4n) is 1.74. The number of hydrogen-bond acceptors (Lipinski definition) is 5. The Morgan fingerprint density at radius 3 is 2.09 bits per heavy atom. The van der Waals surface area contributed by atoms with Gasteiger partial charge < -0.3 is 26.2 Å². The van der Waals surface area contributed by atoms with E-state index in [2.05, 4.69) is 10.6 Å². The van der Waals surface area contributed by atoms with Gasteiger partial charge in [0.25, 0.3) is 0 Å². The van der Waals surface area contributed by atoms with Crippen LogP contribution in [0, 0.1) is 11.8 Å². The number of ether oxygens (including phenoxy) is 1. The summed E-state index contributed by atoms with van der Waals surface area (Å²) in [6.07, 6.45) is -0.0127. The van der Waals surface area contributed by atoms with Crippen molar-refractivity contribution in [3.05, 3.63) is 0 Å². The van der Waals surface area contributed by atoms with E-state index in [1.54, 1.807) is 34.6 Å². The molecule has 136 valence electrons. The highest BCUT2D eigenvalue weighted by molar-refractivity contribution is 5.86. The highest BCUT2D eigenvalue weighted by Crippen LogP contribution is 2.17. The lowest BCUT2D eigenvalue weighted by atomic mass is 9.92. The maximum absolute atomic E-state index is 12.4. The summed E-state index contributed by atoms with van der Waals surface area (Å²) in [6, 6.07) is -1.30. The maximum atomic E-state index is 12.4. The molecule has 2 atom stereocenters. The Hall–Kier alpha value is -1.34. The summed E-state index contributed by atoms with van der Waals surface area (Å²) in [6.45, 7) is 13.0. The number of carbonyl (C=O) groups is 2. The number of hydrogen-bond donors (Lipinski definition) is 4. The molecule has 7 heteroatoms. The van der Waals surface area contributed by atoms with Gasteiger partial charge in [-0.15, -0.1) is 0 Å². The molecule has 0 saturated carbocycles. The quantitative estimate of drug-likeness (QED) is 0.526. The summed E-state index contributed by atoms with van der Waals surface area (Å²) in [7, 11) is 0. The molecule has 0 bridgehead atoms. The van der Waals surface area contributed by atoms with Crippen molar-refractivity contribution in [2.75, 3.05) is 6.54 Å². The van der Waals surface area contributed by atoms with Crippen molar-refractivity contribution in [1.82, 2.24) is 10.6 Å². The third kappa shape index (κ3) is 8.18. The van der Waals surface area contributed by atoms with Gasteiger partial charge in [-0.3, -0.25) is 4.79 Å². The number of nitrogens with one attached hydrogen (secondary N) is 2. The van der Waals surface area contributed by atoms with Crippen LogP contribution in [0.15, 0.2) is 0 Å². The molecular weight excluding hydrogens is 298 g/mol. The van der Waals surface area contributed by atoms with E-state index < -0.39 is 35.3 Å². The zero-order valence-electron chi connectivity index (χ0n) is 15.4. The van der Waals surface area contributed by atoms with E-state index in [0.29, 0.717) is 12.5 Å². The molecule has 0 aromatic rings. The minimum absolute atomic E-state index is 0.425. The van der Waals surface area contributed by atoms with Gasteiger partial charge in [-0.1, -0.05) is 27.7 Å².